The van der Waals surface area contributed by atoms with E-state index in [4.69, 9.17) is 17.0 Å². The Kier molecular flexibility index (Phi) is 2.87. The summed E-state index contributed by atoms with van der Waals surface area (Å²) in [6.45, 7) is 6.66. The van der Waals surface area contributed by atoms with Gasteiger partial charge >= 0.3 is 0 Å². The van der Waals surface area contributed by atoms with Crippen molar-refractivity contribution in [1.82, 2.24) is 14.8 Å². The van der Waals surface area contributed by atoms with Crippen LogP contribution in [0.2, 0.25) is 0 Å². The molecule has 0 spiro atoms. The van der Waals surface area contributed by atoms with Gasteiger partial charge in [-0.15, -0.1) is 0 Å². The fourth-order valence-electron chi connectivity index (χ4n) is 1.03. The van der Waals surface area contributed by atoms with E-state index in [9.17, 15) is 0 Å². The van der Waals surface area contributed by atoms with Gasteiger partial charge in [-0.1, -0.05) is 0 Å². The summed E-state index contributed by atoms with van der Waals surface area (Å²) in [7, 11) is 1.69. The molecule has 0 fully saturated rings. The SMILES string of the molecule is COC(C)(C)Cn1c(C)n[nH]c1=S. The van der Waals surface area contributed by atoms with Crippen LogP contribution in [0.4, 0.5) is 0 Å². The number of aromatic amines is 1. The largest absolute Gasteiger partial charge is 0.377 e. The third-order valence-corrected chi connectivity index (χ3v) is 2.35. The van der Waals surface area contributed by atoms with E-state index in [1.54, 1.807) is 7.11 Å². The first-order valence-corrected chi connectivity index (χ1v) is 4.54. The highest BCUT2D eigenvalue weighted by molar-refractivity contribution is 7.71. The highest BCUT2D eigenvalue weighted by atomic mass is 32.1. The summed E-state index contributed by atoms with van der Waals surface area (Å²) in [4.78, 5) is 0. The first-order valence-electron chi connectivity index (χ1n) is 4.13. The van der Waals surface area contributed by atoms with Gasteiger partial charge in [0.2, 0.25) is 0 Å². The molecule has 0 aliphatic rings. The van der Waals surface area contributed by atoms with Crippen molar-refractivity contribution in [2.24, 2.45) is 0 Å². The Hall–Kier alpha value is -0.680. The van der Waals surface area contributed by atoms with Crippen molar-refractivity contribution in [2.45, 2.75) is 32.9 Å². The molecule has 1 aromatic heterocycles. The third kappa shape index (κ3) is 2.38. The molecule has 1 N–H and O–H groups in total. The van der Waals surface area contributed by atoms with E-state index in [2.05, 4.69) is 10.2 Å². The maximum Gasteiger partial charge on any atom is 0.195 e. The molecule has 0 saturated carbocycles. The van der Waals surface area contributed by atoms with Crippen LogP contribution >= 0.6 is 12.2 Å². The van der Waals surface area contributed by atoms with Crippen LogP contribution in [-0.2, 0) is 11.3 Å². The van der Waals surface area contributed by atoms with Crippen LogP contribution in [0.25, 0.3) is 0 Å². The van der Waals surface area contributed by atoms with Crippen LogP contribution in [0.3, 0.4) is 0 Å². The molecule has 5 heteroatoms. The third-order valence-electron chi connectivity index (χ3n) is 2.04. The monoisotopic (exact) mass is 201 g/mol. The molecule has 74 valence electrons. The maximum absolute atomic E-state index is 5.31. The van der Waals surface area contributed by atoms with Crippen molar-refractivity contribution in [2.75, 3.05) is 7.11 Å². The van der Waals surface area contributed by atoms with E-state index in [1.807, 2.05) is 25.3 Å². The zero-order valence-electron chi connectivity index (χ0n) is 8.42. The number of ether oxygens (including phenoxy) is 1. The van der Waals surface area contributed by atoms with Crippen LogP contribution in [-0.4, -0.2) is 27.5 Å². The van der Waals surface area contributed by atoms with Gasteiger partial charge in [0.15, 0.2) is 4.77 Å². The first kappa shape index (κ1) is 10.4. The summed E-state index contributed by atoms with van der Waals surface area (Å²) in [5, 5.41) is 6.77. The van der Waals surface area contributed by atoms with Gasteiger partial charge in [-0.3, -0.25) is 5.10 Å². The maximum atomic E-state index is 5.31. The molecule has 0 radical (unpaired) electrons. The van der Waals surface area contributed by atoms with Crippen molar-refractivity contribution < 1.29 is 4.74 Å². The van der Waals surface area contributed by atoms with E-state index >= 15 is 0 Å². The van der Waals surface area contributed by atoms with E-state index in [1.165, 1.54) is 0 Å². The van der Waals surface area contributed by atoms with Gasteiger partial charge in [-0.25, -0.2) is 0 Å². The van der Waals surface area contributed by atoms with Gasteiger partial charge < -0.3 is 9.30 Å². The van der Waals surface area contributed by atoms with E-state index in [0.717, 1.165) is 5.82 Å². The summed E-state index contributed by atoms with van der Waals surface area (Å²) in [6.07, 6.45) is 0. The molecule has 0 aliphatic heterocycles. The Morgan fingerprint density at radius 1 is 1.62 bits per heavy atom. The predicted molar refractivity (Wildman–Crippen MR) is 53.2 cm³/mol. The van der Waals surface area contributed by atoms with Crippen molar-refractivity contribution in [3.05, 3.63) is 10.6 Å². The van der Waals surface area contributed by atoms with Gasteiger partial charge in [-0.2, -0.15) is 5.10 Å². The summed E-state index contributed by atoms with van der Waals surface area (Å²) in [6, 6.07) is 0. The average molecular weight is 201 g/mol. The van der Waals surface area contributed by atoms with Crippen LogP contribution < -0.4 is 0 Å². The molecule has 1 rings (SSSR count). The second-order valence-corrected chi connectivity index (χ2v) is 4.01. The Bertz CT molecular complexity index is 339. The molecule has 1 aromatic rings. The molecule has 0 aliphatic carbocycles. The van der Waals surface area contributed by atoms with Gasteiger partial charge in [0.05, 0.1) is 12.1 Å². The molecular formula is C8H15N3OS. The van der Waals surface area contributed by atoms with Crippen molar-refractivity contribution in [3.63, 3.8) is 0 Å². The molecular weight excluding hydrogens is 186 g/mol. The zero-order chi connectivity index (χ0) is 10.1. The predicted octanol–water partition coefficient (Wildman–Crippen LogP) is 1.67. The number of rotatable bonds is 3. The lowest BCUT2D eigenvalue weighted by Gasteiger charge is -2.23. The molecule has 0 unspecified atom stereocenters. The molecule has 1 heterocycles. The number of nitrogens with zero attached hydrogens (tertiary/aromatic N) is 2. The Labute approximate surface area is 82.9 Å². The number of aromatic nitrogens is 3. The lowest BCUT2D eigenvalue weighted by atomic mass is 10.1. The van der Waals surface area contributed by atoms with Crippen molar-refractivity contribution in [1.29, 1.82) is 0 Å². The molecule has 13 heavy (non-hydrogen) atoms. The van der Waals surface area contributed by atoms with Gasteiger partial charge in [0.1, 0.15) is 5.82 Å². The van der Waals surface area contributed by atoms with Crippen LogP contribution in [0.1, 0.15) is 19.7 Å². The second kappa shape index (κ2) is 3.59. The Morgan fingerprint density at radius 2 is 2.23 bits per heavy atom. The summed E-state index contributed by atoms with van der Waals surface area (Å²) < 4.78 is 7.88. The number of hydrogen-bond donors (Lipinski definition) is 1. The number of aryl methyl sites for hydroxylation is 1. The number of nitrogens with one attached hydrogen (secondary N) is 1. The quantitative estimate of drug-likeness (QED) is 0.756. The van der Waals surface area contributed by atoms with Crippen molar-refractivity contribution in [3.8, 4) is 0 Å². The number of hydrogen-bond acceptors (Lipinski definition) is 3. The highest BCUT2D eigenvalue weighted by Gasteiger charge is 2.18. The Balaban J connectivity index is 2.92. The smallest absolute Gasteiger partial charge is 0.195 e. The second-order valence-electron chi connectivity index (χ2n) is 3.63. The lowest BCUT2D eigenvalue weighted by Crippen LogP contribution is -2.29. The fourth-order valence-corrected chi connectivity index (χ4v) is 1.27. The standard InChI is InChI=1S/C8H15N3OS/c1-6-9-10-7(13)11(6)5-8(2,3)12-4/h5H2,1-4H3,(H,10,13). The summed E-state index contributed by atoms with van der Waals surface area (Å²) >= 11 is 5.08. The topological polar surface area (TPSA) is 42.8 Å². The molecule has 0 amide bonds. The minimum atomic E-state index is -0.215. The van der Waals surface area contributed by atoms with E-state index in [-0.39, 0.29) is 5.60 Å². The van der Waals surface area contributed by atoms with Crippen molar-refractivity contribution >= 4 is 12.2 Å². The minimum Gasteiger partial charge on any atom is -0.377 e. The normalized spacial score (nSPS) is 12.0. The molecule has 0 atom stereocenters. The first-order chi connectivity index (χ1) is 5.96. The van der Waals surface area contributed by atoms with Crippen LogP contribution in [0, 0.1) is 11.7 Å². The Morgan fingerprint density at radius 3 is 2.62 bits per heavy atom. The van der Waals surface area contributed by atoms with Crippen LogP contribution in [0.15, 0.2) is 0 Å². The minimum absolute atomic E-state index is 0.215. The molecule has 0 aromatic carbocycles. The fraction of sp³-hybridized carbons (Fsp3) is 0.750. The lowest BCUT2D eigenvalue weighted by molar-refractivity contribution is 0.00734. The number of H-pyrrole nitrogens is 1. The summed E-state index contributed by atoms with van der Waals surface area (Å²) in [5.74, 6) is 0.884. The molecule has 4 nitrogen and oxygen atoms in total. The molecule has 0 bridgehead atoms. The van der Waals surface area contributed by atoms with Gasteiger partial charge in [-0.05, 0) is 33.0 Å². The van der Waals surface area contributed by atoms with E-state index in [0.29, 0.717) is 11.3 Å². The number of methoxy groups -OCH3 is 1. The van der Waals surface area contributed by atoms with Gasteiger partial charge in [0.25, 0.3) is 0 Å². The van der Waals surface area contributed by atoms with Gasteiger partial charge in [0, 0.05) is 7.11 Å². The van der Waals surface area contributed by atoms with E-state index < -0.39 is 0 Å². The molecule has 0 saturated heterocycles. The zero-order valence-corrected chi connectivity index (χ0v) is 9.23. The summed E-state index contributed by atoms with van der Waals surface area (Å²) in [5.41, 5.74) is -0.215. The van der Waals surface area contributed by atoms with Crippen LogP contribution in [0.5, 0.6) is 0 Å². The average Bonchev–Trinajstić information content (AvgIpc) is 2.36. The highest BCUT2D eigenvalue weighted by Crippen LogP contribution is 2.12.